The summed E-state index contributed by atoms with van der Waals surface area (Å²) < 4.78 is 29.3. The van der Waals surface area contributed by atoms with Gasteiger partial charge >= 0.3 is 0 Å². The molecule has 0 aliphatic carbocycles. The molecule has 0 saturated carbocycles. The van der Waals surface area contributed by atoms with Gasteiger partial charge in [0.15, 0.2) is 0 Å². The largest absolute Gasteiger partial charge is 0.448 e. The number of hydrogen-bond donors (Lipinski definition) is 0. The number of rotatable bonds is 3. The van der Waals surface area contributed by atoms with Crippen LogP contribution in [0.2, 0.25) is 0 Å². The van der Waals surface area contributed by atoms with Crippen LogP contribution in [0.5, 0.6) is 0 Å². The molecule has 0 fully saturated rings. The Labute approximate surface area is 102 Å². The van der Waals surface area contributed by atoms with Gasteiger partial charge in [-0.25, -0.2) is 8.42 Å². The molecule has 3 nitrogen and oxygen atoms in total. The molecule has 1 aromatic heterocycles. The minimum Gasteiger partial charge on any atom is -0.448 e. The average molecular weight is 301 g/mol. The topological polar surface area (TPSA) is 47.3 Å². The van der Waals surface area contributed by atoms with Gasteiger partial charge in [-0.2, -0.15) is 0 Å². The molecule has 0 atom stereocenters. The summed E-state index contributed by atoms with van der Waals surface area (Å²) in [7, 11) is -3.52. The Bertz CT molecular complexity index is 572. The molecule has 0 radical (unpaired) electrons. The lowest BCUT2D eigenvalue weighted by molar-refractivity contribution is 0.427. The summed E-state index contributed by atoms with van der Waals surface area (Å²) in [6, 6.07) is 11.3. The van der Waals surface area contributed by atoms with Gasteiger partial charge in [-0.1, -0.05) is 34.1 Å². The lowest BCUT2D eigenvalue weighted by Gasteiger charge is -1.99. The van der Waals surface area contributed by atoms with Crippen LogP contribution in [-0.2, 0) is 15.2 Å². The SMILES string of the molecule is O=S(=O)(c1ccccc1)c1ccc(CBr)o1. The molecule has 1 heterocycles. The lowest BCUT2D eigenvalue weighted by Crippen LogP contribution is -1.99. The van der Waals surface area contributed by atoms with Crippen molar-refractivity contribution in [3.63, 3.8) is 0 Å². The molecule has 0 N–H and O–H groups in total. The third-order valence-electron chi connectivity index (χ3n) is 2.09. The smallest absolute Gasteiger partial charge is 0.239 e. The van der Waals surface area contributed by atoms with Crippen LogP contribution in [-0.4, -0.2) is 8.42 Å². The van der Waals surface area contributed by atoms with Crippen LogP contribution in [0.25, 0.3) is 0 Å². The van der Waals surface area contributed by atoms with Crippen molar-refractivity contribution in [3.8, 4) is 0 Å². The summed E-state index contributed by atoms with van der Waals surface area (Å²) >= 11 is 3.21. The summed E-state index contributed by atoms with van der Waals surface area (Å²) in [5.74, 6) is 0.592. The van der Waals surface area contributed by atoms with Gasteiger partial charge < -0.3 is 4.42 Å². The van der Waals surface area contributed by atoms with Gasteiger partial charge in [0, 0.05) is 0 Å². The molecular weight excluding hydrogens is 292 g/mol. The number of halogens is 1. The number of benzene rings is 1. The summed E-state index contributed by atoms with van der Waals surface area (Å²) in [6.45, 7) is 0. The first-order chi connectivity index (χ1) is 7.64. The van der Waals surface area contributed by atoms with E-state index >= 15 is 0 Å². The highest BCUT2D eigenvalue weighted by atomic mass is 79.9. The Kier molecular flexibility index (Phi) is 3.16. The minimum absolute atomic E-state index is 0.0202. The van der Waals surface area contributed by atoms with E-state index < -0.39 is 9.84 Å². The number of alkyl halides is 1. The molecular formula is C11H9BrO3S. The van der Waals surface area contributed by atoms with Crippen molar-refractivity contribution in [2.75, 3.05) is 0 Å². The molecule has 0 aliphatic rings. The molecule has 0 spiro atoms. The molecule has 0 aliphatic heterocycles. The third-order valence-corrected chi connectivity index (χ3v) is 4.28. The van der Waals surface area contributed by atoms with E-state index in [9.17, 15) is 8.42 Å². The molecule has 0 unspecified atom stereocenters. The predicted molar refractivity (Wildman–Crippen MR) is 63.2 cm³/mol. The minimum atomic E-state index is -3.52. The third kappa shape index (κ3) is 2.05. The van der Waals surface area contributed by atoms with Crippen LogP contribution in [0, 0.1) is 0 Å². The van der Waals surface area contributed by atoms with E-state index in [1.54, 1.807) is 36.4 Å². The van der Waals surface area contributed by atoms with Gasteiger partial charge in [0.1, 0.15) is 5.76 Å². The fourth-order valence-electron chi connectivity index (χ4n) is 1.29. The van der Waals surface area contributed by atoms with Crippen LogP contribution in [0.1, 0.15) is 5.76 Å². The van der Waals surface area contributed by atoms with E-state index in [1.807, 2.05) is 0 Å². The fourth-order valence-corrected chi connectivity index (χ4v) is 2.80. The standard InChI is InChI=1S/C11H9BrO3S/c12-8-9-6-7-11(15-9)16(13,14)10-4-2-1-3-5-10/h1-7H,8H2. The van der Waals surface area contributed by atoms with E-state index in [1.165, 1.54) is 6.07 Å². The zero-order chi connectivity index (χ0) is 11.6. The Morgan fingerprint density at radius 3 is 2.31 bits per heavy atom. The maximum absolute atomic E-state index is 12.1. The first-order valence-electron chi connectivity index (χ1n) is 4.59. The van der Waals surface area contributed by atoms with Crippen molar-refractivity contribution in [1.29, 1.82) is 0 Å². The van der Waals surface area contributed by atoms with E-state index in [4.69, 9.17) is 4.42 Å². The highest BCUT2D eigenvalue weighted by Gasteiger charge is 2.20. The molecule has 16 heavy (non-hydrogen) atoms. The van der Waals surface area contributed by atoms with Crippen molar-refractivity contribution in [2.45, 2.75) is 15.3 Å². The second-order valence-corrected chi connectivity index (χ2v) is 5.61. The van der Waals surface area contributed by atoms with Crippen molar-refractivity contribution in [3.05, 3.63) is 48.2 Å². The van der Waals surface area contributed by atoms with E-state index in [-0.39, 0.29) is 9.99 Å². The van der Waals surface area contributed by atoms with Crippen molar-refractivity contribution >= 4 is 25.8 Å². The monoisotopic (exact) mass is 300 g/mol. The van der Waals surface area contributed by atoms with Gasteiger partial charge in [0.05, 0.1) is 10.2 Å². The van der Waals surface area contributed by atoms with Crippen LogP contribution in [0.4, 0.5) is 0 Å². The van der Waals surface area contributed by atoms with Gasteiger partial charge in [0.2, 0.25) is 14.9 Å². The highest BCUT2D eigenvalue weighted by Crippen LogP contribution is 2.23. The Morgan fingerprint density at radius 1 is 1.06 bits per heavy atom. The molecule has 1 aromatic carbocycles. The predicted octanol–water partition coefficient (Wildman–Crippen LogP) is 3.01. The lowest BCUT2D eigenvalue weighted by atomic mass is 10.4. The van der Waals surface area contributed by atoms with E-state index in [0.717, 1.165) is 0 Å². The molecule has 0 amide bonds. The van der Waals surface area contributed by atoms with Gasteiger partial charge in [-0.3, -0.25) is 0 Å². The Balaban J connectivity index is 2.47. The summed E-state index contributed by atoms with van der Waals surface area (Å²) in [5.41, 5.74) is 0. The zero-order valence-corrected chi connectivity index (χ0v) is 10.7. The van der Waals surface area contributed by atoms with Crippen LogP contribution >= 0.6 is 15.9 Å². The maximum atomic E-state index is 12.1. The highest BCUT2D eigenvalue weighted by molar-refractivity contribution is 9.08. The van der Waals surface area contributed by atoms with E-state index in [0.29, 0.717) is 11.1 Å². The van der Waals surface area contributed by atoms with Crippen LogP contribution in [0.3, 0.4) is 0 Å². The quantitative estimate of drug-likeness (QED) is 0.819. The molecule has 0 saturated heterocycles. The summed E-state index contributed by atoms with van der Waals surface area (Å²) in [5, 5.41) is 0.477. The molecule has 5 heteroatoms. The summed E-state index contributed by atoms with van der Waals surface area (Å²) in [6.07, 6.45) is 0. The first-order valence-corrected chi connectivity index (χ1v) is 7.20. The number of hydrogen-bond acceptors (Lipinski definition) is 3. The second-order valence-electron chi connectivity index (χ2n) is 3.17. The maximum Gasteiger partial charge on any atom is 0.239 e. The van der Waals surface area contributed by atoms with Gasteiger partial charge in [-0.05, 0) is 24.3 Å². The van der Waals surface area contributed by atoms with Crippen molar-refractivity contribution in [2.24, 2.45) is 0 Å². The normalized spacial score (nSPS) is 11.6. The Morgan fingerprint density at radius 2 is 1.75 bits per heavy atom. The molecule has 2 aromatic rings. The van der Waals surface area contributed by atoms with Crippen molar-refractivity contribution < 1.29 is 12.8 Å². The Hall–Kier alpha value is -1.07. The van der Waals surface area contributed by atoms with E-state index in [2.05, 4.69) is 15.9 Å². The fraction of sp³-hybridized carbons (Fsp3) is 0.0909. The molecule has 84 valence electrons. The van der Waals surface area contributed by atoms with Crippen molar-refractivity contribution in [1.82, 2.24) is 0 Å². The van der Waals surface area contributed by atoms with Crippen LogP contribution < -0.4 is 0 Å². The first kappa shape index (κ1) is 11.4. The van der Waals surface area contributed by atoms with Gasteiger partial charge in [-0.15, -0.1) is 0 Å². The average Bonchev–Trinajstić information content (AvgIpc) is 2.79. The van der Waals surface area contributed by atoms with Crippen LogP contribution in [0.15, 0.2) is 56.9 Å². The second kappa shape index (κ2) is 4.43. The summed E-state index contributed by atoms with van der Waals surface area (Å²) in [4.78, 5) is 0.241. The molecule has 2 rings (SSSR count). The molecule has 0 bridgehead atoms. The van der Waals surface area contributed by atoms with Gasteiger partial charge in [0.25, 0.3) is 0 Å². The zero-order valence-electron chi connectivity index (χ0n) is 8.26. The number of sulfone groups is 1. The number of furan rings is 1.